The van der Waals surface area contributed by atoms with Crippen molar-refractivity contribution in [1.29, 1.82) is 0 Å². The summed E-state index contributed by atoms with van der Waals surface area (Å²) >= 11 is 0. The molecule has 74 heavy (non-hydrogen) atoms. The van der Waals surface area contributed by atoms with Gasteiger partial charge in [0.2, 0.25) is 0 Å². The predicted molar refractivity (Wildman–Crippen MR) is 257 cm³/mol. The van der Waals surface area contributed by atoms with Crippen molar-refractivity contribution in [3.63, 3.8) is 0 Å². The normalized spacial score (nSPS) is 51.7. The van der Waals surface area contributed by atoms with Crippen molar-refractivity contribution in [2.45, 2.75) is 231 Å². The summed E-state index contributed by atoms with van der Waals surface area (Å²) in [5.74, 6) is -2.92. The Balaban J connectivity index is 1.14. The summed E-state index contributed by atoms with van der Waals surface area (Å²) in [6.45, 7) is 18.3. The van der Waals surface area contributed by atoms with Gasteiger partial charge < -0.3 is 94.4 Å². The van der Waals surface area contributed by atoms with Crippen molar-refractivity contribution in [2.24, 2.45) is 50.2 Å². The van der Waals surface area contributed by atoms with E-state index in [1.165, 1.54) is 13.0 Å². The number of esters is 1. The van der Waals surface area contributed by atoms with E-state index in [-0.39, 0.29) is 17.3 Å². The summed E-state index contributed by atoms with van der Waals surface area (Å²) in [6.07, 6.45) is -24.0. The molecule has 422 valence electrons. The zero-order chi connectivity index (χ0) is 54.7. The minimum Gasteiger partial charge on any atom is -0.479 e. The van der Waals surface area contributed by atoms with E-state index in [9.17, 15) is 70.9 Å². The van der Waals surface area contributed by atoms with Crippen LogP contribution in [0.15, 0.2) is 23.3 Å². The summed E-state index contributed by atoms with van der Waals surface area (Å²) in [7, 11) is 0. The average molecular weight is 1060 g/mol. The Kier molecular flexibility index (Phi) is 16.0. The number of carbonyl (C=O) groups is 2. The summed E-state index contributed by atoms with van der Waals surface area (Å²) < 4.78 is 43.0. The first-order chi connectivity index (χ1) is 34.4. The van der Waals surface area contributed by atoms with E-state index >= 15 is 0 Å². The lowest BCUT2D eigenvalue weighted by molar-refractivity contribution is -0.395. The molecular weight excluding hydrogens is 973 g/mol. The molecule has 3 saturated heterocycles. The van der Waals surface area contributed by atoms with E-state index in [4.69, 9.17) is 33.2 Å². The van der Waals surface area contributed by atoms with Crippen LogP contribution in [0, 0.1) is 50.2 Å². The van der Waals surface area contributed by atoms with Crippen LogP contribution in [0.4, 0.5) is 0 Å². The van der Waals surface area contributed by atoms with E-state index < -0.39 is 175 Å². The van der Waals surface area contributed by atoms with Crippen LogP contribution in [0.5, 0.6) is 0 Å². The van der Waals surface area contributed by atoms with Crippen LogP contribution in [0.25, 0.3) is 0 Å². The van der Waals surface area contributed by atoms with E-state index in [2.05, 4.69) is 40.7 Å². The minimum absolute atomic E-state index is 0.0784. The monoisotopic (exact) mass is 1060 g/mol. The van der Waals surface area contributed by atoms with E-state index in [0.717, 1.165) is 5.57 Å². The number of aliphatic carboxylic acids is 1. The highest BCUT2D eigenvalue weighted by Crippen LogP contribution is 2.76. The van der Waals surface area contributed by atoms with Gasteiger partial charge in [0.05, 0.1) is 36.9 Å². The van der Waals surface area contributed by atoms with Gasteiger partial charge in [-0.2, -0.15) is 0 Å². The topological polar surface area (TPSA) is 342 Å². The summed E-state index contributed by atoms with van der Waals surface area (Å²) in [4.78, 5) is 26.5. The number of carboxylic acid groups (broad SMARTS) is 1. The van der Waals surface area contributed by atoms with Crippen molar-refractivity contribution < 1.29 is 104 Å². The van der Waals surface area contributed by atoms with Gasteiger partial charge in [-0.1, -0.05) is 65.7 Å². The van der Waals surface area contributed by atoms with Crippen LogP contribution in [-0.2, 0) is 42.7 Å². The van der Waals surface area contributed by atoms with E-state index in [1.807, 2.05) is 13.8 Å². The SMILES string of the molecule is CC(C)=CC(=O)O[C@@H]1[C@H](O)[C@]2(C)C(=CC[C@@H]3[C@@]4(C)CC[C@H](O[C@H]5O[C@@H](C(=O)O)[C@H](O)[C@@H](O[C@H]6O[C@@H](C)[C@H](O)[C@@H](O)[C@@H]6O)[C@@H]5O[C@@H]5O[C@H](CO)[C@@H](O)[C@@H](O)[C@H]5O)C(C)(C)[C@H]4CC[C@]32C)[C@H]2CC(C)(C)C[C@@H](O)[C@]21CO. The molecule has 3 heterocycles. The van der Waals surface area contributed by atoms with Crippen LogP contribution in [-0.4, -0.2) is 203 Å². The van der Waals surface area contributed by atoms with Crippen LogP contribution >= 0.6 is 0 Å². The van der Waals surface area contributed by atoms with Gasteiger partial charge in [-0.15, -0.1) is 0 Å². The second-order valence-corrected chi connectivity index (χ2v) is 25.4. The van der Waals surface area contributed by atoms with Gasteiger partial charge >= 0.3 is 11.9 Å². The zero-order valence-electron chi connectivity index (χ0n) is 44.3. The second-order valence-electron chi connectivity index (χ2n) is 25.4. The maximum atomic E-state index is 13.6. The fourth-order valence-electron chi connectivity index (χ4n) is 16.0. The van der Waals surface area contributed by atoms with Gasteiger partial charge in [0.1, 0.15) is 73.2 Å². The minimum atomic E-state index is -2.11. The highest BCUT2D eigenvalue weighted by molar-refractivity contribution is 5.83. The number of aliphatic hydroxyl groups excluding tert-OH is 11. The molecule has 0 spiro atoms. The molecule has 0 unspecified atom stereocenters. The van der Waals surface area contributed by atoms with Gasteiger partial charge in [0.25, 0.3) is 0 Å². The predicted octanol–water partition coefficient (Wildman–Crippen LogP) is 0.163. The fourth-order valence-corrected chi connectivity index (χ4v) is 16.0. The number of hydrogen-bond donors (Lipinski definition) is 12. The Morgan fingerprint density at radius 3 is 1.95 bits per heavy atom. The molecule has 0 bridgehead atoms. The van der Waals surface area contributed by atoms with Gasteiger partial charge in [0.15, 0.2) is 25.0 Å². The highest BCUT2D eigenvalue weighted by atomic mass is 16.8. The number of ether oxygens (including phenoxy) is 7. The van der Waals surface area contributed by atoms with Crippen LogP contribution in [0.1, 0.15) is 114 Å². The molecule has 8 rings (SSSR count). The Hall–Kier alpha value is -2.26. The lowest BCUT2D eigenvalue weighted by Gasteiger charge is -2.73. The molecule has 0 aromatic carbocycles. The standard InChI is InChI=1S/C53H84O21/c1-22(2)17-31(57)71-43-42(65)52(10)24(25-18-48(4,5)19-29(56)53(25,43)21-55)11-12-28-50(8)15-14-30(49(6,7)27(50)13-16-51(28,52)9)70-47-41(74-46-37(63)35(61)33(59)26(20-54)69-46)39(38(64)40(73-47)44(66)67)72-45-36(62)34(60)32(58)23(3)68-45/h11,17,23,25-30,32-43,45-47,54-56,58-65H,12-16,18-21H2,1-10H3,(H,66,67)/t23-,25+,26+,27+,28+,29+,30-,32-,33+,34+,35+,36-,37+,38+,39+,40+,41-,42-,43+,45+,46-,47-,50-,51+,52-,53-/m0/s1. The maximum Gasteiger partial charge on any atom is 0.335 e. The zero-order valence-corrected chi connectivity index (χ0v) is 44.3. The molecule has 0 amide bonds. The summed E-state index contributed by atoms with van der Waals surface area (Å²) in [5.41, 5.74) is -2.90. The molecule has 21 nitrogen and oxygen atoms in total. The number of aliphatic hydroxyl groups is 11. The molecule has 0 radical (unpaired) electrons. The summed E-state index contributed by atoms with van der Waals surface area (Å²) in [5, 5.41) is 134. The second kappa shape index (κ2) is 20.4. The highest BCUT2D eigenvalue weighted by Gasteiger charge is 2.75. The van der Waals surface area contributed by atoms with Crippen molar-refractivity contribution in [1.82, 2.24) is 0 Å². The molecule has 3 aliphatic heterocycles. The number of carboxylic acids is 1. The lowest BCUT2D eigenvalue weighted by Crippen LogP contribution is -2.74. The van der Waals surface area contributed by atoms with Gasteiger partial charge in [0, 0.05) is 11.5 Å². The van der Waals surface area contributed by atoms with E-state index in [0.29, 0.717) is 50.5 Å². The smallest absolute Gasteiger partial charge is 0.335 e. The van der Waals surface area contributed by atoms with Gasteiger partial charge in [-0.25, -0.2) is 9.59 Å². The third-order valence-corrected chi connectivity index (χ3v) is 20.1. The molecular formula is C53H84O21. The Morgan fingerprint density at radius 1 is 0.716 bits per heavy atom. The number of fused-ring (bicyclic) bond motifs is 7. The Bertz CT molecular complexity index is 2130. The molecule has 8 aliphatic rings. The Morgan fingerprint density at radius 2 is 1.34 bits per heavy atom. The molecule has 0 aromatic heterocycles. The molecule has 5 aliphatic carbocycles. The first-order valence-electron chi connectivity index (χ1n) is 26.4. The van der Waals surface area contributed by atoms with Crippen molar-refractivity contribution in [3.05, 3.63) is 23.3 Å². The number of rotatable bonds is 11. The molecule has 7 fully saturated rings. The van der Waals surface area contributed by atoms with Crippen LogP contribution < -0.4 is 0 Å². The first-order valence-corrected chi connectivity index (χ1v) is 26.4. The van der Waals surface area contributed by atoms with Gasteiger partial charge in [-0.05, 0) is 105 Å². The molecule has 26 atom stereocenters. The van der Waals surface area contributed by atoms with Crippen molar-refractivity contribution >= 4 is 11.9 Å². The maximum absolute atomic E-state index is 13.6. The average Bonchev–Trinajstić information content (AvgIpc) is 3.31. The van der Waals surface area contributed by atoms with Crippen molar-refractivity contribution in [3.8, 4) is 0 Å². The van der Waals surface area contributed by atoms with Crippen molar-refractivity contribution in [2.75, 3.05) is 13.2 Å². The molecule has 12 N–H and O–H groups in total. The van der Waals surface area contributed by atoms with E-state index in [1.54, 1.807) is 13.8 Å². The first kappa shape index (κ1) is 57.9. The van der Waals surface area contributed by atoms with Crippen LogP contribution in [0.3, 0.4) is 0 Å². The van der Waals surface area contributed by atoms with Gasteiger partial charge in [-0.3, -0.25) is 0 Å². The fraction of sp³-hybridized carbons (Fsp3) is 0.887. The third kappa shape index (κ3) is 9.06. The number of allylic oxidation sites excluding steroid dienone is 2. The number of carbonyl (C=O) groups excluding carboxylic acids is 1. The summed E-state index contributed by atoms with van der Waals surface area (Å²) in [6, 6.07) is 0. The Labute approximate surface area is 432 Å². The lowest BCUT2D eigenvalue weighted by atomic mass is 9.32. The third-order valence-electron chi connectivity index (χ3n) is 20.1. The molecule has 21 heteroatoms. The molecule has 0 aromatic rings. The van der Waals surface area contributed by atoms with Crippen LogP contribution in [0.2, 0.25) is 0 Å². The largest absolute Gasteiger partial charge is 0.479 e. The molecule has 4 saturated carbocycles. The quantitative estimate of drug-likeness (QED) is 0.0568. The number of hydrogen-bond acceptors (Lipinski definition) is 20.